The second-order valence-corrected chi connectivity index (χ2v) is 8.39. The van der Waals surface area contributed by atoms with Crippen molar-refractivity contribution < 1.29 is 4.79 Å². The molecule has 0 atom stereocenters. The normalized spacial score (nSPS) is 17.0. The zero-order chi connectivity index (χ0) is 20.0. The van der Waals surface area contributed by atoms with Crippen molar-refractivity contribution in [3.8, 4) is 5.69 Å². The van der Waals surface area contributed by atoms with Crippen LogP contribution in [0.1, 0.15) is 35.8 Å². The van der Waals surface area contributed by atoms with Crippen LogP contribution < -0.4 is 4.90 Å². The van der Waals surface area contributed by atoms with E-state index in [1.807, 2.05) is 34.9 Å². The van der Waals surface area contributed by atoms with Crippen molar-refractivity contribution in [3.05, 3.63) is 63.7 Å². The molecule has 8 heteroatoms. The van der Waals surface area contributed by atoms with E-state index in [4.69, 9.17) is 23.2 Å². The van der Waals surface area contributed by atoms with E-state index in [0.717, 1.165) is 53.8 Å². The lowest BCUT2D eigenvalue weighted by atomic mass is 9.93. The molecule has 3 aromatic rings. The summed E-state index contributed by atoms with van der Waals surface area (Å²) >= 11 is 12.5. The molecule has 4 heterocycles. The summed E-state index contributed by atoms with van der Waals surface area (Å²) in [7, 11) is 0. The molecule has 2 aromatic heterocycles. The van der Waals surface area contributed by atoms with Gasteiger partial charge in [0, 0.05) is 36.6 Å². The molecule has 148 valence electrons. The predicted octanol–water partition coefficient (Wildman–Crippen LogP) is 4.02. The number of anilines is 1. The van der Waals surface area contributed by atoms with Crippen LogP contribution in [0.5, 0.6) is 0 Å². The summed E-state index contributed by atoms with van der Waals surface area (Å²) < 4.78 is 2.02. The van der Waals surface area contributed by atoms with Gasteiger partial charge in [-0.3, -0.25) is 14.3 Å². The van der Waals surface area contributed by atoms with Crippen molar-refractivity contribution in [1.82, 2.24) is 19.7 Å². The molecule has 1 aromatic carbocycles. The topological polar surface area (TPSA) is 63.9 Å². The van der Waals surface area contributed by atoms with Crippen LogP contribution in [0.25, 0.3) is 5.69 Å². The second kappa shape index (κ2) is 7.43. The minimum Gasteiger partial charge on any atom is -0.341 e. The lowest BCUT2D eigenvalue weighted by Crippen LogP contribution is -2.35. The molecule has 0 aliphatic carbocycles. The summed E-state index contributed by atoms with van der Waals surface area (Å²) in [5.74, 6) is 1.92. The first-order valence-corrected chi connectivity index (χ1v) is 10.5. The first-order valence-electron chi connectivity index (χ1n) is 9.70. The van der Waals surface area contributed by atoms with Gasteiger partial charge in [-0.05, 0) is 48.7 Å². The van der Waals surface area contributed by atoms with Gasteiger partial charge in [0.1, 0.15) is 11.6 Å². The summed E-state index contributed by atoms with van der Waals surface area (Å²) in [5, 5.41) is 10.1. The Balaban J connectivity index is 1.46. The van der Waals surface area contributed by atoms with E-state index in [9.17, 15) is 4.79 Å². The highest BCUT2D eigenvalue weighted by molar-refractivity contribution is 6.31. The zero-order valence-corrected chi connectivity index (χ0v) is 17.2. The van der Waals surface area contributed by atoms with Gasteiger partial charge in [0.25, 0.3) is 0 Å². The molecule has 1 saturated heterocycles. The third-order valence-corrected chi connectivity index (χ3v) is 6.24. The molecule has 0 spiro atoms. The Morgan fingerprint density at radius 3 is 2.66 bits per heavy atom. The number of rotatable bonds is 2. The number of ketones is 1. The lowest BCUT2D eigenvalue weighted by Gasteiger charge is -2.32. The fourth-order valence-corrected chi connectivity index (χ4v) is 4.76. The Morgan fingerprint density at radius 1 is 1.03 bits per heavy atom. The van der Waals surface area contributed by atoms with Crippen LogP contribution in [0.4, 0.5) is 5.95 Å². The van der Waals surface area contributed by atoms with Crippen molar-refractivity contribution in [1.29, 1.82) is 0 Å². The van der Waals surface area contributed by atoms with Gasteiger partial charge in [-0.2, -0.15) is 0 Å². The summed E-state index contributed by atoms with van der Waals surface area (Å²) in [6.07, 6.45) is 4.31. The number of carbonyl (C=O) groups excluding carboxylic acids is 1. The van der Waals surface area contributed by atoms with Gasteiger partial charge in [0.05, 0.1) is 22.8 Å². The lowest BCUT2D eigenvalue weighted by molar-refractivity contribution is -0.117. The third kappa shape index (κ3) is 3.40. The number of nitrogens with zero attached hydrogens (tertiary/aromatic N) is 5. The first kappa shape index (κ1) is 18.6. The summed E-state index contributed by atoms with van der Waals surface area (Å²) in [4.78, 5) is 19.1. The molecule has 6 nitrogen and oxygen atoms in total. The molecule has 5 rings (SSSR count). The average molecular weight is 428 g/mol. The van der Waals surface area contributed by atoms with Crippen molar-refractivity contribution in [2.45, 2.75) is 31.6 Å². The third-order valence-electron chi connectivity index (χ3n) is 5.69. The number of hydrogen-bond donors (Lipinski definition) is 0. The van der Waals surface area contributed by atoms with E-state index >= 15 is 0 Å². The molecule has 0 radical (unpaired) electrons. The molecule has 0 N–H and O–H groups in total. The van der Waals surface area contributed by atoms with Crippen LogP contribution >= 0.6 is 23.2 Å². The molecule has 0 saturated carbocycles. The number of benzene rings is 1. The summed E-state index contributed by atoms with van der Waals surface area (Å²) in [6.45, 7) is 1.65. The maximum Gasteiger partial charge on any atom is 0.231 e. The number of piperidine rings is 1. The van der Waals surface area contributed by atoms with Crippen LogP contribution in [0.3, 0.4) is 0 Å². The molecular formula is C21H19Cl2N5O. The minimum absolute atomic E-state index is 0.120. The Kier molecular flexibility index (Phi) is 4.76. The van der Waals surface area contributed by atoms with Crippen molar-refractivity contribution in [2.75, 3.05) is 18.0 Å². The molecule has 2 aliphatic rings. The van der Waals surface area contributed by atoms with E-state index < -0.39 is 0 Å². The SMILES string of the molecule is O=C1Cc2cc(Cl)ccc2-n2c(nnc2N2CCC(c3ncccc3Cl)CC2)C1. The zero-order valence-electron chi connectivity index (χ0n) is 15.7. The number of hydrogen-bond acceptors (Lipinski definition) is 5. The number of fused-ring (bicyclic) bond motifs is 3. The van der Waals surface area contributed by atoms with Gasteiger partial charge < -0.3 is 4.90 Å². The van der Waals surface area contributed by atoms with E-state index in [1.54, 1.807) is 6.20 Å². The monoisotopic (exact) mass is 427 g/mol. The molecule has 1 fully saturated rings. The quantitative estimate of drug-likeness (QED) is 0.617. The van der Waals surface area contributed by atoms with Crippen LogP contribution in [-0.4, -0.2) is 38.6 Å². The van der Waals surface area contributed by atoms with Gasteiger partial charge in [0.15, 0.2) is 0 Å². The van der Waals surface area contributed by atoms with E-state index in [2.05, 4.69) is 20.1 Å². The van der Waals surface area contributed by atoms with Crippen LogP contribution in [0, 0.1) is 0 Å². The van der Waals surface area contributed by atoms with Crippen LogP contribution in [0.15, 0.2) is 36.5 Å². The molecule has 2 aliphatic heterocycles. The number of aromatic nitrogens is 4. The molecule has 0 bridgehead atoms. The molecular weight excluding hydrogens is 409 g/mol. The van der Waals surface area contributed by atoms with Gasteiger partial charge in [-0.25, -0.2) is 0 Å². The van der Waals surface area contributed by atoms with Crippen LogP contribution in [0.2, 0.25) is 10.0 Å². The van der Waals surface area contributed by atoms with Crippen molar-refractivity contribution in [3.63, 3.8) is 0 Å². The largest absolute Gasteiger partial charge is 0.341 e. The number of pyridine rings is 1. The minimum atomic E-state index is 0.120. The first-order chi connectivity index (χ1) is 14.1. The van der Waals surface area contributed by atoms with Gasteiger partial charge >= 0.3 is 0 Å². The Labute approximate surface area is 178 Å². The van der Waals surface area contributed by atoms with Gasteiger partial charge in [-0.15, -0.1) is 10.2 Å². The Morgan fingerprint density at radius 2 is 1.86 bits per heavy atom. The van der Waals surface area contributed by atoms with E-state index in [0.29, 0.717) is 23.2 Å². The van der Waals surface area contributed by atoms with E-state index in [1.165, 1.54) is 0 Å². The predicted molar refractivity (Wildman–Crippen MR) is 112 cm³/mol. The molecule has 0 unspecified atom stereocenters. The van der Waals surface area contributed by atoms with Crippen molar-refractivity contribution >= 4 is 34.9 Å². The Hall–Kier alpha value is -2.44. The second-order valence-electron chi connectivity index (χ2n) is 7.55. The maximum absolute atomic E-state index is 12.4. The number of Topliss-reactive ketones (excluding diaryl/α,β-unsaturated/α-hetero) is 1. The van der Waals surface area contributed by atoms with Gasteiger partial charge in [0.2, 0.25) is 5.95 Å². The highest BCUT2D eigenvalue weighted by Gasteiger charge is 2.30. The number of halogens is 2. The van der Waals surface area contributed by atoms with Crippen LogP contribution in [-0.2, 0) is 17.6 Å². The molecule has 29 heavy (non-hydrogen) atoms. The number of carbonyl (C=O) groups is 1. The average Bonchev–Trinajstić information content (AvgIpc) is 3.06. The Bertz CT molecular complexity index is 1090. The summed E-state index contributed by atoms with van der Waals surface area (Å²) in [5.41, 5.74) is 2.82. The fourth-order valence-electron chi connectivity index (χ4n) is 4.29. The van der Waals surface area contributed by atoms with Crippen molar-refractivity contribution in [2.24, 2.45) is 0 Å². The fraction of sp³-hybridized carbons (Fsp3) is 0.333. The van der Waals surface area contributed by atoms with E-state index in [-0.39, 0.29) is 12.2 Å². The highest BCUT2D eigenvalue weighted by Crippen LogP contribution is 2.34. The maximum atomic E-state index is 12.4. The molecule has 0 amide bonds. The van der Waals surface area contributed by atoms with Gasteiger partial charge in [-0.1, -0.05) is 23.2 Å². The standard InChI is InChI=1S/C21H19Cl2N5O/c22-15-3-4-18-14(10-15)11-16(29)12-19-25-26-21(28(18)19)27-8-5-13(6-9-27)20-17(23)2-1-7-24-20/h1-4,7,10,13H,5-6,8-9,11-12H2. The smallest absolute Gasteiger partial charge is 0.231 e. The highest BCUT2D eigenvalue weighted by atomic mass is 35.5. The summed E-state index contributed by atoms with van der Waals surface area (Å²) in [6, 6.07) is 9.42.